The normalized spacial score (nSPS) is 21.3. The van der Waals surface area contributed by atoms with Gasteiger partial charge in [0.15, 0.2) is 9.84 Å². The van der Waals surface area contributed by atoms with Crippen molar-refractivity contribution in [1.82, 2.24) is 25.1 Å². The number of benzene rings is 1. The molecule has 1 amide bonds. The highest BCUT2D eigenvalue weighted by Gasteiger charge is 2.35. The van der Waals surface area contributed by atoms with Gasteiger partial charge in [0.2, 0.25) is 11.1 Å². The molecule has 1 atom stereocenters. The van der Waals surface area contributed by atoms with Crippen LogP contribution in [0.15, 0.2) is 35.5 Å². The topological polar surface area (TPSA) is 98.1 Å². The molecule has 1 aromatic carbocycles. The van der Waals surface area contributed by atoms with Crippen LogP contribution in [0.4, 0.5) is 0 Å². The number of carbonyl (C=O) groups is 1. The molecular formula is C17H21N5O3S2. The summed E-state index contributed by atoms with van der Waals surface area (Å²) in [6.07, 6.45) is 2.62. The summed E-state index contributed by atoms with van der Waals surface area (Å²) in [4.78, 5) is 14.7. The van der Waals surface area contributed by atoms with Crippen molar-refractivity contribution in [3.05, 3.63) is 35.9 Å². The van der Waals surface area contributed by atoms with Crippen LogP contribution in [0, 0.1) is 0 Å². The minimum atomic E-state index is -3.07. The number of nitrogens with zero attached hydrogens (tertiary/aromatic N) is 5. The molecule has 0 unspecified atom stereocenters. The van der Waals surface area contributed by atoms with Crippen molar-refractivity contribution in [2.75, 3.05) is 17.3 Å². The van der Waals surface area contributed by atoms with Gasteiger partial charge in [-0.2, -0.15) is 0 Å². The van der Waals surface area contributed by atoms with Gasteiger partial charge in [-0.25, -0.2) is 13.1 Å². The Labute approximate surface area is 162 Å². The van der Waals surface area contributed by atoms with Crippen LogP contribution in [0.1, 0.15) is 30.9 Å². The first kappa shape index (κ1) is 18.4. The Morgan fingerprint density at radius 2 is 2.00 bits per heavy atom. The van der Waals surface area contributed by atoms with E-state index in [0.717, 1.165) is 18.4 Å². The van der Waals surface area contributed by atoms with E-state index < -0.39 is 9.84 Å². The Balaban J connectivity index is 1.47. The largest absolute Gasteiger partial charge is 0.334 e. The monoisotopic (exact) mass is 407 g/mol. The van der Waals surface area contributed by atoms with Crippen molar-refractivity contribution in [3.8, 4) is 0 Å². The summed E-state index contributed by atoms with van der Waals surface area (Å²) in [6, 6.07) is 9.72. The van der Waals surface area contributed by atoms with Crippen molar-refractivity contribution in [1.29, 1.82) is 0 Å². The molecule has 0 bridgehead atoms. The smallest absolute Gasteiger partial charge is 0.233 e. The number of aromatic nitrogens is 4. The summed E-state index contributed by atoms with van der Waals surface area (Å²) in [5.74, 6) is 0.284. The van der Waals surface area contributed by atoms with Gasteiger partial charge in [-0.3, -0.25) is 4.79 Å². The quantitative estimate of drug-likeness (QED) is 0.638. The molecule has 10 heteroatoms. The summed E-state index contributed by atoms with van der Waals surface area (Å²) < 4.78 is 25.6. The number of hydrogen-bond acceptors (Lipinski definition) is 7. The standard InChI is InChI=1S/C17H21N5O3S2/c23-16(11-26-17-18-19-20-22(17)14-6-7-14)21(10-13-4-2-1-3-5-13)15-8-9-27(24,25)12-15/h1-5,14-15H,6-12H2/t15-/m1/s1. The molecule has 1 aliphatic carbocycles. The molecule has 4 rings (SSSR count). The van der Waals surface area contributed by atoms with Crippen molar-refractivity contribution in [2.45, 2.75) is 43.0 Å². The zero-order chi connectivity index (χ0) is 18.9. The van der Waals surface area contributed by atoms with Crippen molar-refractivity contribution in [2.24, 2.45) is 0 Å². The maximum Gasteiger partial charge on any atom is 0.233 e. The molecule has 2 heterocycles. The van der Waals surface area contributed by atoms with Crippen molar-refractivity contribution >= 4 is 27.5 Å². The number of tetrazole rings is 1. The lowest BCUT2D eigenvalue weighted by Gasteiger charge is -2.28. The minimum absolute atomic E-state index is 0.0378. The Bertz CT molecular complexity index is 912. The number of carbonyl (C=O) groups excluding carboxylic acids is 1. The zero-order valence-corrected chi connectivity index (χ0v) is 16.4. The number of thioether (sulfide) groups is 1. The Morgan fingerprint density at radius 3 is 2.67 bits per heavy atom. The minimum Gasteiger partial charge on any atom is -0.334 e. The lowest BCUT2D eigenvalue weighted by molar-refractivity contribution is -0.130. The van der Waals surface area contributed by atoms with E-state index in [1.165, 1.54) is 11.8 Å². The van der Waals surface area contributed by atoms with Crippen LogP contribution in [0.3, 0.4) is 0 Å². The maximum atomic E-state index is 13.0. The van der Waals surface area contributed by atoms with Gasteiger partial charge < -0.3 is 4.90 Å². The SMILES string of the molecule is O=C(CSc1nnnn1C1CC1)N(Cc1ccccc1)[C@@H]1CCS(=O)(=O)C1. The molecular weight excluding hydrogens is 386 g/mol. The number of hydrogen-bond donors (Lipinski definition) is 0. The van der Waals surface area contributed by atoms with Gasteiger partial charge in [0.1, 0.15) is 0 Å². The third kappa shape index (κ3) is 4.49. The van der Waals surface area contributed by atoms with Crippen molar-refractivity contribution in [3.63, 3.8) is 0 Å². The Morgan fingerprint density at radius 1 is 1.22 bits per heavy atom. The van der Waals surface area contributed by atoms with E-state index in [-0.39, 0.29) is 29.2 Å². The molecule has 2 fully saturated rings. The zero-order valence-electron chi connectivity index (χ0n) is 14.8. The first-order valence-electron chi connectivity index (χ1n) is 8.96. The lowest BCUT2D eigenvalue weighted by atomic mass is 10.1. The Hall–Kier alpha value is -1.94. The number of sulfone groups is 1. The van der Waals surface area contributed by atoms with Gasteiger partial charge in [-0.1, -0.05) is 42.1 Å². The fourth-order valence-corrected chi connectivity index (χ4v) is 5.82. The maximum absolute atomic E-state index is 13.0. The molecule has 0 radical (unpaired) electrons. The van der Waals surface area contributed by atoms with E-state index in [2.05, 4.69) is 15.5 Å². The van der Waals surface area contributed by atoms with Gasteiger partial charge in [0.25, 0.3) is 0 Å². The van der Waals surface area contributed by atoms with Crippen LogP contribution in [0.25, 0.3) is 0 Å². The average Bonchev–Trinajstić information content (AvgIpc) is 3.28. The second kappa shape index (κ2) is 7.59. The van der Waals surface area contributed by atoms with Crippen LogP contribution in [0.2, 0.25) is 0 Å². The molecule has 2 aliphatic rings. The number of rotatable bonds is 7. The van der Waals surface area contributed by atoms with Gasteiger partial charge >= 0.3 is 0 Å². The van der Waals surface area contributed by atoms with E-state index in [1.807, 2.05) is 30.3 Å². The fourth-order valence-electron chi connectivity index (χ4n) is 3.26. The molecule has 2 aromatic rings. The summed E-state index contributed by atoms with van der Waals surface area (Å²) in [7, 11) is -3.07. The van der Waals surface area contributed by atoms with Crippen LogP contribution in [-0.2, 0) is 21.2 Å². The first-order chi connectivity index (χ1) is 13.0. The van der Waals surface area contributed by atoms with Crippen LogP contribution >= 0.6 is 11.8 Å². The molecule has 8 nitrogen and oxygen atoms in total. The average molecular weight is 408 g/mol. The first-order valence-corrected chi connectivity index (χ1v) is 11.8. The van der Waals surface area contributed by atoms with E-state index in [1.54, 1.807) is 9.58 Å². The highest BCUT2D eigenvalue weighted by molar-refractivity contribution is 7.99. The van der Waals surface area contributed by atoms with E-state index in [4.69, 9.17) is 0 Å². The van der Waals surface area contributed by atoms with Gasteiger partial charge in [-0.05, 0) is 35.3 Å². The molecule has 1 aromatic heterocycles. The van der Waals surface area contributed by atoms with Crippen LogP contribution < -0.4 is 0 Å². The summed E-state index contributed by atoms with van der Waals surface area (Å²) >= 11 is 1.31. The second-order valence-electron chi connectivity index (χ2n) is 6.99. The molecule has 1 aliphatic heterocycles. The highest BCUT2D eigenvalue weighted by Crippen LogP contribution is 2.36. The molecule has 0 spiro atoms. The van der Waals surface area contributed by atoms with Crippen LogP contribution in [-0.4, -0.2) is 62.7 Å². The third-order valence-corrected chi connectivity index (χ3v) is 7.51. The lowest BCUT2D eigenvalue weighted by Crippen LogP contribution is -2.41. The molecule has 144 valence electrons. The van der Waals surface area contributed by atoms with Gasteiger partial charge in [0.05, 0.1) is 23.3 Å². The molecule has 27 heavy (non-hydrogen) atoms. The summed E-state index contributed by atoms with van der Waals surface area (Å²) in [5.41, 5.74) is 0.989. The predicted octanol–water partition coefficient (Wildman–Crippen LogP) is 1.32. The van der Waals surface area contributed by atoms with E-state index in [9.17, 15) is 13.2 Å². The summed E-state index contributed by atoms with van der Waals surface area (Å²) in [5, 5.41) is 12.4. The van der Waals surface area contributed by atoms with Gasteiger partial charge in [0, 0.05) is 12.6 Å². The molecule has 1 saturated carbocycles. The second-order valence-corrected chi connectivity index (χ2v) is 10.2. The Kier molecular flexibility index (Phi) is 5.18. The molecule has 0 N–H and O–H groups in total. The molecule has 1 saturated heterocycles. The summed E-state index contributed by atoms with van der Waals surface area (Å²) in [6.45, 7) is 0.411. The van der Waals surface area contributed by atoms with E-state index in [0.29, 0.717) is 24.2 Å². The highest BCUT2D eigenvalue weighted by atomic mass is 32.2. The van der Waals surface area contributed by atoms with Crippen LogP contribution in [0.5, 0.6) is 0 Å². The number of amides is 1. The van der Waals surface area contributed by atoms with Crippen molar-refractivity contribution < 1.29 is 13.2 Å². The third-order valence-electron chi connectivity index (χ3n) is 4.85. The van der Waals surface area contributed by atoms with E-state index >= 15 is 0 Å². The van der Waals surface area contributed by atoms with Gasteiger partial charge in [-0.15, -0.1) is 5.10 Å². The fraction of sp³-hybridized carbons (Fsp3) is 0.529. The predicted molar refractivity (Wildman–Crippen MR) is 101 cm³/mol.